The van der Waals surface area contributed by atoms with Gasteiger partial charge in [0.05, 0.1) is 22.0 Å². The molecule has 1 saturated carbocycles. The summed E-state index contributed by atoms with van der Waals surface area (Å²) in [6.45, 7) is 5.80. The molecule has 0 atom stereocenters. The van der Waals surface area contributed by atoms with Gasteiger partial charge in [-0.1, -0.05) is 18.2 Å². The average Bonchev–Trinajstić information content (AvgIpc) is 3.59. The molecule has 0 N–H and O–H groups in total. The number of pyridine rings is 1. The van der Waals surface area contributed by atoms with Gasteiger partial charge in [-0.05, 0) is 74.2 Å². The number of sulfone groups is 1. The lowest BCUT2D eigenvalue weighted by molar-refractivity contribution is 0.533. The van der Waals surface area contributed by atoms with Crippen LogP contribution in [0.3, 0.4) is 0 Å². The first-order chi connectivity index (χ1) is 18.2. The van der Waals surface area contributed by atoms with Crippen LogP contribution in [0.4, 0.5) is 0 Å². The molecule has 6 rings (SSSR count). The van der Waals surface area contributed by atoms with E-state index in [1.807, 2.05) is 57.4 Å². The van der Waals surface area contributed by atoms with Crippen molar-refractivity contribution in [2.24, 2.45) is 0 Å². The van der Waals surface area contributed by atoms with Gasteiger partial charge >= 0.3 is 0 Å². The van der Waals surface area contributed by atoms with Crippen molar-refractivity contribution in [1.82, 2.24) is 19.5 Å². The van der Waals surface area contributed by atoms with Gasteiger partial charge in [0.15, 0.2) is 21.5 Å². The molecule has 3 aromatic heterocycles. The summed E-state index contributed by atoms with van der Waals surface area (Å²) in [5.74, 6) is 2.55. The SMILES string of the molecule is Cc1cn(-c2ccc(-c3cccc(S(C)(=O)=O)c3)cc2-c2nc(C)oc2-c2cccnc2C2CC2)c(C)n1. The number of oxazole rings is 1. The van der Waals surface area contributed by atoms with Gasteiger partial charge in [0.2, 0.25) is 0 Å². The van der Waals surface area contributed by atoms with Crippen LogP contribution in [0.5, 0.6) is 0 Å². The van der Waals surface area contributed by atoms with Crippen molar-refractivity contribution in [2.75, 3.05) is 6.26 Å². The number of nitrogens with zero attached hydrogens (tertiary/aromatic N) is 4. The second kappa shape index (κ2) is 9.06. The van der Waals surface area contributed by atoms with Crippen LogP contribution in [0, 0.1) is 20.8 Å². The standard InChI is InChI=1S/C30H28N4O3S/c1-18-17-34(19(2)32-18)27-13-12-23(22-7-5-8-24(15-22)38(4,35)36)16-26(27)29-30(37-20(3)33-29)25-9-6-14-31-28(25)21-10-11-21/h5-9,12-17,21H,10-11H2,1-4H3. The minimum atomic E-state index is -3.34. The molecule has 7 nitrogen and oxygen atoms in total. The first-order valence-corrected chi connectivity index (χ1v) is 14.5. The summed E-state index contributed by atoms with van der Waals surface area (Å²) in [4.78, 5) is 14.5. The second-order valence-corrected chi connectivity index (χ2v) is 12.0. The Hall–Kier alpha value is -4.04. The summed E-state index contributed by atoms with van der Waals surface area (Å²) < 4.78 is 32.8. The van der Waals surface area contributed by atoms with Gasteiger partial charge in [-0.15, -0.1) is 0 Å². The van der Waals surface area contributed by atoms with Crippen LogP contribution in [0.25, 0.3) is 39.4 Å². The molecule has 0 radical (unpaired) electrons. The van der Waals surface area contributed by atoms with E-state index in [2.05, 4.69) is 21.7 Å². The molecule has 5 aromatic rings. The molecule has 1 aliphatic rings. The van der Waals surface area contributed by atoms with E-state index in [0.29, 0.717) is 17.6 Å². The molecule has 0 amide bonds. The summed E-state index contributed by atoms with van der Waals surface area (Å²) in [6.07, 6.45) is 7.30. The molecule has 0 aliphatic heterocycles. The highest BCUT2D eigenvalue weighted by Gasteiger charge is 2.30. The van der Waals surface area contributed by atoms with Gasteiger partial charge in [-0.25, -0.2) is 18.4 Å². The van der Waals surface area contributed by atoms with E-state index in [-0.39, 0.29) is 4.90 Å². The van der Waals surface area contributed by atoms with Crippen LogP contribution in [-0.4, -0.2) is 34.2 Å². The predicted molar refractivity (Wildman–Crippen MR) is 147 cm³/mol. The topological polar surface area (TPSA) is 90.9 Å². The fourth-order valence-electron chi connectivity index (χ4n) is 4.97. The van der Waals surface area contributed by atoms with Crippen molar-refractivity contribution in [3.05, 3.63) is 90.1 Å². The lowest BCUT2D eigenvalue weighted by Gasteiger charge is -2.15. The van der Waals surface area contributed by atoms with E-state index in [4.69, 9.17) is 14.4 Å². The van der Waals surface area contributed by atoms with Crippen molar-refractivity contribution in [3.63, 3.8) is 0 Å². The maximum atomic E-state index is 12.2. The first-order valence-electron chi connectivity index (χ1n) is 12.6. The van der Waals surface area contributed by atoms with Crippen LogP contribution in [0.15, 0.2) is 76.3 Å². The molecule has 0 saturated heterocycles. The fourth-order valence-corrected chi connectivity index (χ4v) is 5.63. The summed E-state index contributed by atoms with van der Waals surface area (Å²) in [7, 11) is -3.34. The van der Waals surface area contributed by atoms with E-state index >= 15 is 0 Å². The van der Waals surface area contributed by atoms with Crippen molar-refractivity contribution in [3.8, 4) is 39.4 Å². The Morgan fingerprint density at radius 1 is 0.921 bits per heavy atom. The molecule has 2 aromatic carbocycles. The lowest BCUT2D eigenvalue weighted by Crippen LogP contribution is -2.01. The zero-order valence-electron chi connectivity index (χ0n) is 21.8. The van der Waals surface area contributed by atoms with Crippen LogP contribution in [-0.2, 0) is 9.84 Å². The molecule has 1 fully saturated rings. The second-order valence-electron chi connectivity index (χ2n) is 9.95. The molecule has 8 heteroatoms. The maximum Gasteiger partial charge on any atom is 0.192 e. The number of imidazole rings is 1. The number of hydrogen-bond donors (Lipinski definition) is 0. The van der Waals surface area contributed by atoms with Crippen molar-refractivity contribution in [1.29, 1.82) is 0 Å². The zero-order valence-corrected chi connectivity index (χ0v) is 22.6. The monoisotopic (exact) mass is 524 g/mol. The van der Waals surface area contributed by atoms with E-state index in [9.17, 15) is 8.42 Å². The van der Waals surface area contributed by atoms with Crippen molar-refractivity contribution in [2.45, 2.75) is 44.4 Å². The van der Waals surface area contributed by atoms with Gasteiger partial charge in [-0.2, -0.15) is 0 Å². The highest BCUT2D eigenvalue weighted by atomic mass is 32.2. The molecule has 0 unspecified atom stereocenters. The first kappa shape index (κ1) is 24.3. The largest absolute Gasteiger partial charge is 0.440 e. The number of rotatable bonds is 6. The van der Waals surface area contributed by atoms with Crippen molar-refractivity contribution < 1.29 is 12.8 Å². The number of benzene rings is 2. The van der Waals surface area contributed by atoms with Gasteiger partial charge in [0.25, 0.3) is 0 Å². The smallest absolute Gasteiger partial charge is 0.192 e. The third-order valence-electron chi connectivity index (χ3n) is 6.89. The fraction of sp³-hybridized carbons (Fsp3) is 0.233. The van der Waals surface area contributed by atoms with E-state index < -0.39 is 9.84 Å². The number of aromatic nitrogens is 4. The minimum absolute atomic E-state index is 0.282. The molecular formula is C30H28N4O3S. The molecule has 0 bridgehead atoms. The Morgan fingerprint density at radius 2 is 1.71 bits per heavy atom. The molecule has 192 valence electrons. The lowest BCUT2D eigenvalue weighted by atomic mass is 9.97. The quantitative estimate of drug-likeness (QED) is 0.253. The molecule has 0 spiro atoms. The highest BCUT2D eigenvalue weighted by Crippen LogP contribution is 2.46. The summed E-state index contributed by atoms with van der Waals surface area (Å²) >= 11 is 0. The van der Waals surface area contributed by atoms with E-state index in [0.717, 1.165) is 63.7 Å². The van der Waals surface area contributed by atoms with Gasteiger partial charge in [0, 0.05) is 42.6 Å². The molecular weight excluding hydrogens is 496 g/mol. The van der Waals surface area contributed by atoms with Crippen LogP contribution >= 0.6 is 0 Å². The Morgan fingerprint density at radius 3 is 2.42 bits per heavy atom. The number of aryl methyl sites for hydroxylation is 3. The van der Waals surface area contributed by atoms with E-state index in [1.54, 1.807) is 18.2 Å². The summed E-state index contributed by atoms with van der Waals surface area (Å²) in [6, 6.07) is 17.1. The minimum Gasteiger partial charge on any atom is -0.440 e. The maximum absolute atomic E-state index is 12.2. The molecule has 38 heavy (non-hydrogen) atoms. The Balaban J connectivity index is 1.60. The summed E-state index contributed by atoms with van der Waals surface area (Å²) in [5, 5.41) is 0. The van der Waals surface area contributed by atoms with Crippen LogP contribution in [0.2, 0.25) is 0 Å². The third kappa shape index (κ3) is 4.45. The third-order valence-corrected chi connectivity index (χ3v) is 8.00. The summed E-state index contributed by atoms with van der Waals surface area (Å²) in [5.41, 5.74) is 7.10. The average molecular weight is 525 g/mol. The van der Waals surface area contributed by atoms with Crippen LogP contribution in [0.1, 0.15) is 41.9 Å². The number of hydrogen-bond acceptors (Lipinski definition) is 6. The zero-order chi connectivity index (χ0) is 26.6. The highest BCUT2D eigenvalue weighted by molar-refractivity contribution is 7.90. The van der Waals surface area contributed by atoms with Gasteiger partial charge in [0.1, 0.15) is 11.5 Å². The normalized spacial score (nSPS) is 13.7. The Bertz CT molecular complexity index is 1800. The van der Waals surface area contributed by atoms with E-state index in [1.165, 1.54) is 6.26 Å². The van der Waals surface area contributed by atoms with Crippen molar-refractivity contribution >= 4 is 9.84 Å². The van der Waals surface area contributed by atoms with Crippen LogP contribution < -0.4 is 0 Å². The molecule has 3 heterocycles. The Kier molecular flexibility index (Phi) is 5.79. The van der Waals surface area contributed by atoms with Gasteiger partial charge in [-0.3, -0.25) is 4.98 Å². The predicted octanol–water partition coefficient (Wildman–Crippen LogP) is 6.46. The van der Waals surface area contributed by atoms with Gasteiger partial charge < -0.3 is 8.98 Å². The molecule has 1 aliphatic carbocycles. The Labute approximate surface area is 222 Å².